The van der Waals surface area contributed by atoms with Crippen LogP contribution in [0.15, 0.2) is 18.2 Å². The van der Waals surface area contributed by atoms with Gasteiger partial charge in [0.15, 0.2) is 0 Å². The Morgan fingerprint density at radius 3 is 2.85 bits per heavy atom. The van der Waals surface area contributed by atoms with E-state index in [9.17, 15) is 4.39 Å². The molecule has 2 aliphatic heterocycles. The maximum absolute atomic E-state index is 14.1. The largest absolute Gasteiger partial charge is 0.370 e. The maximum Gasteiger partial charge on any atom is 0.129 e. The van der Waals surface area contributed by atoms with Gasteiger partial charge < -0.3 is 10.2 Å². The predicted octanol–water partition coefficient (Wildman–Crippen LogP) is 2.22. The van der Waals surface area contributed by atoms with Crippen molar-refractivity contribution in [1.82, 2.24) is 10.2 Å². The second-order valence-corrected chi connectivity index (χ2v) is 6.05. The molecule has 1 aromatic carbocycles. The van der Waals surface area contributed by atoms with Crippen LogP contribution >= 0.6 is 0 Å². The Morgan fingerprint density at radius 1 is 1.25 bits per heavy atom. The van der Waals surface area contributed by atoms with E-state index in [0.29, 0.717) is 18.6 Å². The van der Waals surface area contributed by atoms with Gasteiger partial charge in [0.25, 0.3) is 0 Å². The molecule has 1 aromatic rings. The Morgan fingerprint density at radius 2 is 2.05 bits per heavy atom. The lowest BCUT2D eigenvalue weighted by Crippen LogP contribution is -2.37. The number of rotatable bonds is 3. The highest BCUT2D eigenvalue weighted by Crippen LogP contribution is 2.32. The molecule has 20 heavy (non-hydrogen) atoms. The van der Waals surface area contributed by atoms with E-state index < -0.39 is 0 Å². The van der Waals surface area contributed by atoms with E-state index in [2.05, 4.69) is 28.2 Å². The molecule has 0 radical (unpaired) electrons. The number of likely N-dealkylation sites (N-methyl/N-ethyl adjacent to an activating group) is 1. The SMILES string of the molecule is CNCc1c(F)cccc1N1CCC2CCC(C1)N2C. The molecule has 4 heteroatoms. The fraction of sp³-hybridized carbons (Fsp3) is 0.625. The minimum atomic E-state index is -0.0976. The number of halogens is 1. The molecule has 110 valence electrons. The molecule has 3 nitrogen and oxygen atoms in total. The highest BCUT2D eigenvalue weighted by atomic mass is 19.1. The number of hydrogen-bond donors (Lipinski definition) is 1. The van der Waals surface area contributed by atoms with Gasteiger partial charge in [0, 0.05) is 43.0 Å². The number of nitrogens with one attached hydrogen (secondary N) is 1. The summed E-state index contributed by atoms with van der Waals surface area (Å²) < 4.78 is 14.1. The molecule has 2 atom stereocenters. The third kappa shape index (κ3) is 2.42. The molecular formula is C16H24FN3. The first-order valence-corrected chi connectivity index (χ1v) is 7.59. The zero-order valence-corrected chi connectivity index (χ0v) is 12.4. The normalized spacial score (nSPS) is 26.9. The zero-order valence-electron chi connectivity index (χ0n) is 12.4. The van der Waals surface area contributed by atoms with Crippen LogP contribution in [0.2, 0.25) is 0 Å². The fourth-order valence-electron chi connectivity index (χ4n) is 3.72. The Hall–Kier alpha value is -1.13. The minimum absolute atomic E-state index is 0.0976. The van der Waals surface area contributed by atoms with Crippen LogP contribution in [0.3, 0.4) is 0 Å². The summed E-state index contributed by atoms with van der Waals surface area (Å²) in [5.41, 5.74) is 1.87. The smallest absolute Gasteiger partial charge is 0.129 e. The van der Waals surface area contributed by atoms with Crippen LogP contribution < -0.4 is 10.2 Å². The van der Waals surface area contributed by atoms with Gasteiger partial charge in [-0.15, -0.1) is 0 Å². The van der Waals surface area contributed by atoms with Crippen LogP contribution in [0, 0.1) is 5.82 Å². The summed E-state index contributed by atoms with van der Waals surface area (Å²) in [4.78, 5) is 4.91. The van der Waals surface area contributed by atoms with Gasteiger partial charge in [-0.2, -0.15) is 0 Å². The summed E-state index contributed by atoms with van der Waals surface area (Å²) in [6, 6.07) is 6.79. The summed E-state index contributed by atoms with van der Waals surface area (Å²) in [6.45, 7) is 2.64. The topological polar surface area (TPSA) is 18.5 Å². The molecule has 0 amide bonds. The summed E-state index contributed by atoms with van der Waals surface area (Å²) in [5.74, 6) is -0.0976. The van der Waals surface area contributed by atoms with Crippen molar-refractivity contribution in [3.05, 3.63) is 29.6 Å². The van der Waals surface area contributed by atoms with Crippen LogP contribution in [0.5, 0.6) is 0 Å². The Balaban J connectivity index is 1.87. The molecule has 3 rings (SSSR count). The van der Waals surface area contributed by atoms with E-state index in [1.165, 1.54) is 19.3 Å². The van der Waals surface area contributed by atoms with Gasteiger partial charge in [0.2, 0.25) is 0 Å². The molecule has 1 N–H and O–H groups in total. The molecule has 0 aliphatic carbocycles. The number of hydrogen-bond acceptors (Lipinski definition) is 3. The van der Waals surface area contributed by atoms with Crippen molar-refractivity contribution in [2.45, 2.75) is 37.9 Å². The molecule has 2 heterocycles. The van der Waals surface area contributed by atoms with Crippen molar-refractivity contribution in [1.29, 1.82) is 0 Å². The first kappa shape index (κ1) is 13.8. The summed E-state index contributed by atoms with van der Waals surface area (Å²) in [6.07, 6.45) is 3.78. The van der Waals surface area contributed by atoms with Gasteiger partial charge in [-0.1, -0.05) is 6.07 Å². The number of benzene rings is 1. The monoisotopic (exact) mass is 277 g/mol. The van der Waals surface area contributed by atoms with Crippen molar-refractivity contribution >= 4 is 5.69 Å². The number of nitrogens with zero attached hydrogens (tertiary/aromatic N) is 2. The lowest BCUT2D eigenvalue weighted by atomic mass is 10.1. The third-order valence-corrected chi connectivity index (χ3v) is 4.94. The molecule has 2 aliphatic rings. The molecule has 2 bridgehead atoms. The van der Waals surface area contributed by atoms with Crippen molar-refractivity contribution < 1.29 is 4.39 Å². The van der Waals surface area contributed by atoms with Gasteiger partial charge in [-0.25, -0.2) is 4.39 Å². The Bertz CT molecular complexity index is 477. The highest BCUT2D eigenvalue weighted by Gasteiger charge is 2.35. The molecule has 0 spiro atoms. The van der Waals surface area contributed by atoms with Crippen LogP contribution in [0.25, 0.3) is 0 Å². The first-order valence-electron chi connectivity index (χ1n) is 7.59. The summed E-state index contributed by atoms with van der Waals surface area (Å²) in [7, 11) is 4.11. The van der Waals surface area contributed by atoms with Crippen molar-refractivity contribution in [3.63, 3.8) is 0 Å². The minimum Gasteiger partial charge on any atom is -0.370 e. The molecule has 0 aromatic heterocycles. The van der Waals surface area contributed by atoms with Gasteiger partial charge in [0.1, 0.15) is 5.82 Å². The standard InChI is InChI=1S/C16H24FN3/c1-18-10-14-15(17)4-3-5-16(14)20-9-8-12-6-7-13(11-20)19(12)2/h3-5,12-13,18H,6-11H2,1-2H3. The van der Waals surface area contributed by atoms with E-state index in [1.54, 1.807) is 6.07 Å². The first-order chi connectivity index (χ1) is 9.70. The number of anilines is 1. The van der Waals surface area contributed by atoms with Crippen LogP contribution in [-0.4, -0.2) is 44.2 Å². The van der Waals surface area contributed by atoms with E-state index in [0.717, 1.165) is 24.3 Å². The third-order valence-electron chi connectivity index (χ3n) is 4.94. The van der Waals surface area contributed by atoms with Crippen molar-refractivity contribution in [2.24, 2.45) is 0 Å². The van der Waals surface area contributed by atoms with Crippen molar-refractivity contribution in [3.8, 4) is 0 Å². The van der Waals surface area contributed by atoms with Gasteiger partial charge >= 0.3 is 0 Å². The lowest BCUT2D eigenvalue weighted by Gasteiger charge is -2.29. The van der Waals surface area contributed by atoms with Crippen LogP contribution in [-0.2, 0) is 6.54 Å². The van der Waals surface area contributed by atoms with E-state index in [4.69, 9.17) is 0 Å². The van der Waals surface area contributed by atoms with Crippen LogP contribution in [0.1, 0.15) is 24.8 Å². The van der Waals surface area contributed by atoms with E-state index >= 15 is 0 Å². The van der Waals surface area contributed by atoms with E-state index in [1.807, 2.05) is 13.1 Å². The maximum atomic E-state index is 14.1. The predicted molar refractivity (Wildman–Crippen MR) is 80.6 cm³/mol. The molecular weight excluding hydrogens is 253 g/mol. The molecule has 2 unspecified atom stereocenters. The van der Waals surface area contributed by atoms with Gasteiger partial charge in [-0.3, -0.25) is 4.90 Å². The summed E-state index contributed by atoms with van der Waals surface area (Å²) in [5, 5.41) is 3.09. The average Bonchev–Trinajstić information content (AvgIpc) is 2.66. The van der Waals surface area contributed by atoms with Crippen molar-refractivity contribution in [2.75, 3.05) is 32.1 Å². The quantitative estimate of drug-likeness (QED) is 0.914. The molecule has 2 fully saturated rings. The second-order valence-electron chi connectivity index (χ2n) is 6.05. The highest BCUT2D eigenvalue weighted by molar-refractivity contribution is 5.54. The molecule has 0 saturated carbocycles. The lowest BCUT2D eigenvalue weighted by molar-refractivity contribution is 0.254. The number of fused-ring (bicyclic) bond motifs is 2. The summed E-state index contributed by atoms with van der Waals surface area (Å²) >= 11 is 0. The van der Waals surface area contributed by atoms with Gasteiger partial charge in [-0.05, 0) is 45.5 Å². The van der Waals surface area contributed by atoms with Crippen LogP contribution in [0.4, 0.5) is 10.1 Å². The van der Waals surface area contributed by atoms with E-state index in [-0.39, 0.29) is 5.82 Å². The second kappa shape index (κ2) is 5.70. The fourth-order valence-corrected chi connectivity index (χ4v) is 3.72. The Kier molecular flexibility index (Phi) is 3.94. The molecule has 2 saturated heterocycles. The average molecular weight is 277 g/mol. The zero-order chi connectivity index (χ0) is 14.1. The van der Waals surface area contributed by atoms with Gasteiger partial charge in [0.05, 0.1) is 0 Å². The Labute approximate surface area is 120 Å².